The molecule has 0 aliphatic heterocycles. The molecule has 1 aromatic carbocycles. The van der Waals surface area contributed by atoms with Gasteiger partial charge < -0.3 is 5.32 Å². The van der Waals surface area contributed by atoms with E-state index >= 15 is 0 Å². The molecule has 0 aliphatic rings. The van der Waals surface area contributed by atoms with E-state index in [0.29, 0.717) is 17.7 Å². The minimum atomic E-state index is -3.61. The molecular weight excluding hydrogens is 291 g/mol. The van der Waals surface area contributed by atoms with Gasteiger partial charge in [-0.3, -0.25) is 0 Å². The third kappa shape index (κ3) is 5.37. The van der Waals surface area contributed by atoms with E-state index in [9.17, 15) is 12.8 Å². The van der Waals surface area contributed by atoms with Crippen molar-refractivity contribution < 1.29 is 12.8 Å². The van der Waals surface area contributed by atoms with Crippen LogP contribution >= 0.6 is 0 Å². The largest absolute Gasteiger partial charge is 0.316 e. The smallest absolute Gasteiger partial charge is 0.240 e. The highest BCUT2D eigenvalue weighted by molar-refractivity contribution is 7.89. The molecule has 0 amide bonds. The van der Waals surface area contributed by atoms with Crippen molar-refractivity contribution in [1.29, 1.82) is 0 Å². The van der Waals surface area contributed by atoms with Crippen LogP contribution in [0.5, 0.6) is 0 Å². The summed E-state index contributed by atoms with van der Waals surface area (Å²) in [6, 6.07) is 2.76. The summed E-state index contributed by atoms with van der Waals surface area (Å²) < 4.78 is 41.1. The van der Waals surface area contributed by atoms with E-state index in [-0.39, 0.29) is 22.7 Å². The van der Waals surface area contributed by atoms with Crippen molar-refractivity contribution in [1.82, 2.24) is 10.0 Å². The molecule has 0 aliphatic carbocycles. The van der Waals surface area contributed by atoms with E-state index in [1.165, 1.54) is 12.1 Å². The summed E-state index contributed by atoms with van der Waals surface area (Å²) >= 11 is 0. The van der Waals surface area contributed by atoms with Gasteiger partial charge in [-0.15, -0.1) is 0 Å². The van der Waals surface area contributed by atoms with Crippen LogP contribution in [0.4, 0.5) is 4.39 Å². The quantitative estimate of drug-likeness (QED) is 0.848. The molecule has 21 heavy (non-hydrogen) atoms. The summed E-state index contributed by atoms with van der Waals surface area (Å²) in [5.41, 5.74) is 0.742. The van der Waals surface area contributed by atoms with Crippen LogP contribution < -0.4 is 10.0 Å². The first-order valence-corrected chi connectivity index (χ1v) is 8.48. The monoisotopic (exact) mass is 316 g/mol. The lowest BCUT2D eigenvalue weighted by molar-refractivity contribution is 0.378. The van der Waals surface area contributed by atoms with Crippen LogP contribution in [0.3, 0.4) is 0 Å². The molecule has 1 rings (SSSR count). The predicted octanol–water partition coefficient (Wildman–Crippen LogP) is 2.57. The molecule has 120 valence electrons. The van der Waals surface area contributed by atoms with E-state index in [0.717, 1.165) is 6.42 Å². The van der Waals surface area contributed by atoms with Crippen molar-refractivity contribution in [3.8, 4) is 0 Å². The fraction of sp³-hybridized carbons (Fsp3) is 0.600. The number of hydrogen-bond acceptors (Lipinski definition) is 3. The molecule has 0 unspecified atom stereocenters. The van der Waals surface area contributed by atoms with Crippen LogP contribution in [0, 0.1) is 18.2 Å². The van der Waals surface area contributed by atoms with Crippen LogP contribution in [-0.4, -0.2) is 22.0 Å². The Hall–Kier alpha value is -0.980. The standard InChI is InChI=1S/C15H25FN2O2S/c1-11-8-13(9-12(10-17-5)14(11)16)21(19,20)18-7-6-15(2,3)4/h8-9,17-18H,6-7,10H2,1-5H3. The molecule has 0 saturated carbocycles. The molecular formula is C15H25FN2O2S. The van der Waals surface area contributed by atoms with Crippen molar-refractivity contribution >= 4 is 10.0 Å². The van der Waals surface area contributed by atoms with Crippen LogP contribution in [0.1, 0.15) is 38.3 Å². The summed E-state index contributed by atoms with van der Waals surface area (Å²) in [6.07, 6.45) is 0.732. The van der Waals surface area contributed by atoms with Gasteiger partial charge in [-0.05, 0) is 43.5 Å². The molecule has 0 spiro atoms. The van der Waals surface area contributed by atoms with Crippen LogP contribution in [0.25, 0.3) is 0 Å². The summed E-state index contributed by atoms with van der Waals surface area (Å²) in [6.45, 7) is 8.38. The highest BCUT2D eigenvalue weighted by Crippen LogP contribution is 2.21. The SMILES string of the molecule is CNCc1cc(S(=O)(=O)NCCC(C)(C)C)cc(C)c1F. The van der Waals surface area contributed by atoms with Crippen molar-refractivity contribution in [2.24, 2.45) is 5.41 Å². The maximum atomic E-state index is 13.9. The number of sulfonamides is 1. The molecule has 0 radical (unpaired) electrons. The summed E-state index contributed by atoms with van der Waals surface area (Å²) in [5, 5.41) is 2.84. The number of hydrogen-bond donors (Lipinski definition) is 2. The summed E-state index contributed by atoms with van der Waals surface area (Å²) in [7, 11) is -1.92. The lowest BCUT2D eigenvalue weighted by Crippen LogP contribution is -2.27. The van der Waals surface area contributed by atoms with Crippen LogP contribution in [0.2, 0.25) is 0 Å². The number of nitrogens with one attached hydrogen (secondary N) is 2. The Morgan fingerprint density at radius 2 is 1.86 bits per heavy atom. The summed E-state index contributed by atoms with van der Waals surface area (Å²) in [5.74, 6) is -0.363. The Bertz CT molecular complexity index is 592. The Morgan fingerprint density at radius 3 is 2.38 bits per heavy atom. The molecule has 0 fully saturated rings. The maximum absolute atomic E-state index is 13.9. The average molecular weight is 316 g/mol. The van der Waals surface area contributed by atoms with Crippen LogP contribution in [-0.2, 0) is 16.6 Å². The Balaban J connectivity index is 2.98. The van der Waals surface area contributed by atoms with E-state index in [1.807, 2.05) is 20.8 Å². The van der Waals surface area contributed by atoms with Crippen molar-refractivity contribution in [3.63, 3.8) is 0 Å². The highest BCUT2D eigenvalue weighted by atomic mass is 32.2. The normalized spacial score (nSPS) is 12.7. The first-order chi connectivity index (χ1) is 9.57. The van der Waals surface area contributed by atoms with Crippen molar-refractivity contribution in [2.75, 3.05) is 13.6 Å². The second-order valence-corrected chi connectivity index (χ2v) is 8.22. The molecule has 2 N–H and O–H groups in total. The molecule has 0 atom stereocenters. The van der Waals surface area contributed by atoms with Crippen molar-refractivity contribution in [2.45, 2.75) is 45.6 Å². The first kappa shape index (κ1) is 18.1. The zero-order valence-electron chi connectivity index (χ0n) is 13.4. The zero-order chi connectivity index (χ0) is 16.3. The molecule has 1 aromatic rings. The molecule has 4 nitrogen and oxygen atoms in total. The zero-order valence-corrected chi connectivity index (χ0v) is 14.2. The second kappa shape index (κ2) is 6.85. The Morgan fingerprint density at radius 1 is 1.24 bits per heavy atom. The van der Waals surface area contributed by atoms with Gasteiger partial charge in [0.15, 0.2) is 0 Å². The third-order valence-electron chi connectivity index (χ3n) is 3.15. The lowest BCUT2D eigenvalue weighted by Gasteiger charge is -2.18. The minimum absolute atomic E-state index is 0.0541. The van der Waals surface area contributed by atoms with E-state index in [1.54, 1.807) is 14.0 Å². The fourth-order valence-corrected chi connectivity index (χ4v) is 3.09. The number of rotatable bonds is 6. The van der Waals surface area contributed by atoms with Gasteiger partial charge in [-0.1, -0.05) is 20.8 Å². The van der Waals surface area contributed by atoms with Gasteiger partial charge >= 0.3 is 0 Å². The molecule has 6 heteroatoms. The first-order valence-electron chi connectivity index (χ1n) is 7.00. The lowest BCUT2D eigenvalue weighted by atomic mass is 9.93. The molecule has 0 bridgehead atoms. The maximum Gasteiger partial charge on any atom is 0.240 e. The van der Waals surface area contributed by atoms with Gasteiger partial charge in [0, 0.05) is 18.7 Å². The highest BCUT2D eigenvalue weighted by Gasteiger charge is 2.19. The number of aryl methyl sites for hydroxylation is 1. The number of benzene rings is 1. The number of halogens is 1. The third-order valence-corrected chi connectivity index (χ3v) is 4.59. The van der Waals surface area contributed by atoms with E-state index in [4.69, 9.17) is 0 Å². The second-order valence-electron chi connectivity index (χ2n) is 6.45. The van der Waals surface area contributed by atoms with Crippen molar-refractivity contribution in [3.05, 3.63) is 29.1 Å². The minimum Gasteiger partial charge on any atom is -0.316 e. The topological polar surface area (TPSA) is 58.2 Å². The van der Waals surface area contributed by atoms with E-state index < -0.39 is 10.0 Å². The van der Waals surface area contributed by atoms with Gasteiger partial charge in [0.25, 0.3) is 0 Å². The van der Waals surface area contributed by atoms with Gasteiger partial charge in [0.05, 0.1) is 4.90 Å². The Labute approximate surface area is 127 Å². The van der Waals surface area contributed by atoms with E-state index in [2.05, 4.69) is 10.0 Å². The summed E-state index contributed by atoms with van der Waals surface area (Å²) in [4.78, 5) is 0.112. The van der Waals surface area contributed by atoms with Gasteiger partial charge in [-0.2, -0.15) is 0 Å². The van der Waals surface area contributed by atoms with Gasteiger partial charge in [0.1, 0.15) is 5.82 Å². The predicted molar refractivity (Wildman–Crippen MR) is 83.2 cm³/mol. The van der Waals surface area contributed by atoms with Gasteiger partial charge in [-0.25, -0.2) is 17.5 Å². The molecule has 0 heterocycles. The van der Waals surface area contributed by atoms with Gasteiger partial charge in [0.2, 0.25) is 10.0 Å². The molecule has 0 saturated heterocycles. The average Bonchev–Trinajstić information content (AvgIpc) is 2.32. The van der Waals surface area contributed by atoms with Crippen LogP contribution in [0.15, 0.2) is 17.0 Å². The Kier molecular flexibility index (Phi) is 5.90. The fourth-order valence-electron chi connectivity index (χ4n) is 1.92. The molecule has 0 aromatic heterocycles.